The minimum Gasteiger partial charge on any atom is -0.494 e. The van der Waals surface area contributed by atoms with Crippen LogP contribution in [0.3, 0.4) is 0 Å². The van der Waals surface area contributed by atoms with E-state index < -0.39 is 28.8 Å². The fourth-order valence-electron chi connectivity index (χ4n) is 1.94. The Balaban J connectivity index is 2.29. The normalized spacial score (nSPS) is 11.7. The van der Waals surface area contributed by atoms with Crippen molar-refractivity contribution in [2.24, 2.45) is 0 Å². The molecule has 6 nitrogen and oxygen atoms in total. The molecule has 10 heteroatoms. The highest BCUT2D eigenvalue weighted by atomic mass is 32.2. The maximum absolute atomic E-state index is 14.0. The van der Waals surface area contributed by atoms with E-state index in [-0.39, 0.29) is 22.0 Å². The molecule has 0 fully saturated rings. The van der Waals surface area contributed by atoms with E-state index in [9.17, 15) is 21.6 Å². The van der Waals surface area contributed by atoms with Crippen molar-refractivity contribution >= 4 is 15.8 Å². The topological polar surface area (TPSA) is 73.2 Å². The average molecular weight is 349 g/mol. The molecule has 0 aliphatic heterocycles. The van der Waals surface area contributed by atoms with Crippen molar-refractivity contribution in [3.8, 4) is 5.75 Å². The lowest BCUT2D eigenvalue weighted by Gasteiger charge is -2.11. The van der Waals surface area contributed by atoms with Crippen molar-refractivity contribution in [1.29, 1.82) is 0 Å². The summed E-state index contributed by atoms with van der Waals surface area (Å²) in [5.74, 6) is -1.01. The molecular weight excluding hydrogens is 335 g/mol. The maximum Gasteiger partial charge on any atom is 0.263 e. The van der Waals surface area contributed by atoms with Crippen molar-refractivity contribution in [3.63, 3.8) is 0 Å². The average Bonchev–Trinajstić information content (AvgIpc) is 2.86. The van der Waals surface area contributed by atoms with Crippen LogP contribution in [0.5, 0.6) is 5.75 Å². The van der Waals surface area contributed by atoms with Gasteiger partial charge < -0.3 is 4.74 Å². The Hall–Kier alpha value is -2.23. The van der Waals surface area contributed by atoms with E-state index in [0.717, 1.165) is 4.68 Å². The summed E-state index contributed by atoms with van der Waals surface area (Å²) >= 11 is 0. The molecule has 2 rings (SSSR count). The summed E-state index contributed by atoms with van der Waals surface area (Å²) in [5.41, 5.74) is -0.121. The van der Waals surface area contributed by atoms with Crippen LogP contribution < -0.4 is 9.46 Å². The number of alkyl halides is 2. The zero-order chi connectivity index (χ0) is 17.2. The first-order valence-corrected chi connectivity index (χ1v) is 7.90. The van der Waals surface area contributed by atoms with E-state index >= 15 is 0 Å². The summed E-state index contributed by atoms with van der Waals surface area (Å²) < 4.78 is 70.8. The smallest absolute Gasteiger partial charge is 0.263 e. The van der Waals surface area contributed by atoms with Gasteiger partial charge in [-0.15, -0.1) is 0 Å². The van der Waals surface area contributed by atoms with Crippen LogP contribution in [-0.4, -0.2) is 31.7 Å². The number of ether oxygens (including phenoxy) is 1. The van der Waals surface area contributed by atoms with E-state index in [2.05, 4.69) is 9.82 Å². The van der Waals surface area contributed by atoms with Crippen molar-refractivity contribution in [3.05, 3.63) is 35.8 Å². The summed E-state index contributed by atoms with van der Waals surface area (Å²) in [4.78, 5) is -0.292. The van der Waals surface area contributed by atoms with Gasteiger partial charge >= 0.3 is 0 Å². The van der Waals surface area contributed by atoms with E-state index in [4.69, 9.17) is 4.74 Å². The van der Waals surface area contributed by atoms with E-state index in [1.54, 1.807) is 0 Å². The molecule has 1 heterocycles. The zero-order valence-corrected chi connectivity index (χ0v) is 13.1. The third kappa shape index (κ3) is 3.76. The van der Waals surface area contributed by atoms with E-state index in [0.29, 0.717) is 0 Å². The Labute approximate surface area is 130 Å². The molecule has 126 valence electrons. The number of nitrogens with zero attached hydrogens (tertiary/aromatic N) is 2. The van der Waals surface area contributed by atoms with Gasteiger partial charge in [-0.25, -0.2) is 21.6 Å². The van der Waals surface area contributed by atoms with Crippen LogP contribution in [0.2, 0.25) is 0 Å². The molecule has 1 aromatic heterocycles. The minimum absolute atomic E-state index is 0.0809. The molecule has 0 radical (unpaired) electrons. The monoisotopic (exact) mass is 349 g/mol. The first-order chi connectivity index (χ1) is 10.7. The molecule has 0 aliphatic carbocycles. The molecule has 0 saturated heterocycles. The Bertz CT molecular complexity index is 806. The predicted molar refractivity (Wildman–Crippen MR) is 76.7 cm³/mol. The van der Waals surface area contributed by atoms with Crippen molar-refractivity contribution < 1.29 is 26.3 Å². The molecule has 0 atom stereocenters. The standard InChI is InChI=1S/C13H14F3N3O3S/c1-8-10(4-3-9(22-2)13(8)16)23(20,21)18-12-5-6-19(17-12)7-11(14)15/h3-6,11H,7H2,1-2H3,(H,17,18). The van der Waals surface area contributed by atoms with Gasteiger partial charge in [0.25, 0.3) is 16.4 Å². The van der Waals surface area contributed by atoms with Gasteiger partial charge in [-0.3, -0.25) is 9.40 Å². The van der Waals surface area contributed by atoms with Crippen molar-refractivity contribution in [2.75, 3.05) is 11.8 Å². The molecule has 0 aliphatic rings. The number of benzene rings is 1. The molecule has 0 bridgehead atoms. The van der Waals surface area contributed by atoms with Gasteiger partial charge in [0, 0.05) is 17.8 Å². The number of hydrogen-bond donors (Lipinski definition) is 1. The Morgan fingerprint density at radius 2 is 2.04 bits per heavy atom. The van der Waals surface area contributed by atoms with Crippen LogP contribution in [-0.2, 0) is 16.6 Å². The molecule has 0 saturated carbocycles. The number of aromatic nitrogens is 2. The van der Waals surface area contributed by atoms with Gasteiger partial charge in [0.05, 0.1) is 12.0 Å². The molecule has 0 amide bonds. The van der Waals surface area contributed by atoms with Crippen molar-refractivity contribution in [1.82, 2.24) is 9.78 Å². The summed E-state index contributed by atoms with van der Waals surface area (Å²) in [6.07, 6.45) is -1.40. The second-order valence-electron chi connectivity index (χ2n) is 4.62. The number of methoxy groups -OCH3 is 1. The van der Waals surface area contributed by atoms with Crippen LogP contribution in [0.15, 0.2) is 29.3 Å². The second-order valence-corrected chi connectivity index (χ2v) is 6.28. The molecule has 23 heavy (non-hydrogen) atoms. The van der Waals surface area contributed by atoms with Crippen molar-refractivity contribution in [2.45, 2.75) is 24.8 Å². The molecule has 1 aromatic carbocycles. The Morgan fingerprint density at radius 3 is 2.65 bits per heavy atom. The van der Waals surface area contributed by atoms with Gasteiger partial charge in [0.1, 0.15) is 6.54 Å². The van der Waals surface area contributed by atoms with Crippen LogP contribution >= 0.6 is 0 Å². The number of sulfonamides is 1. The number of rotatable bonds is 6. The molecular formula is C13H14F3N3O3S. The molecule has 1 N–H and O–H groups in total. The molecule has 0 unspecified atom stereocenters. The molecule has 0 spiro atoms. The van der Waals surface area contributed by atoms with Crippen LogP contribution in [0.4, 0.5) is 19.0 Å². The number of hydrogen-bond acceptors (Lipinski definition) is 4. The van der Waals surface area contributed by atoms with Gasteiger partial charge in [-0.05, 0) is 19.1 Å². The lowest BCUT2D eigenvalue weighted by molar-refractivity contribution is 0.122. The third-order valence-corrected chi connectivity index (χ3v) is 4.51. The number of halogens is 3. The first kappa shape index (κ1) is 17.1. The summed E-state index contributed by atoms with van der Waals surface area (Å²) in [6.45, 7) is 0.639. The number of anilines is 1. The van der Waals surface area contributed by atoms with Crippen LogP contribution in [0, 0.1) is 12.7 Å². The minimum atomic E-state index is -4.12. The summed E-state index contributed by atoms with van der Waals surface area (Å²) in [5, 5.41) is 3.67. The fourth-order valence-corrected chi connectivity index (χ4v) is 3.18. The van der Waals surface area contributed by atoms with Crippen LogP contribution in [0.1, 0.15) is 5.56 Å². The highest BCUT2D eigenvalue weighted by Crippen LogP contribution is 2.27. The highest BCUT2D eigenvalue weighted by Gasteiger charge is 2.22. The predicted octanol–water partition coefficient (Wildman–Crippen LogP) is 2.41. The number of nitrogens with one attached hydrogen (secondary N) is 1. The SMILES string of the molecule is COc1ccc(S(=O)(=O)Nc2ccn(CC(F)F)n2)c(C)c1F. The molecule has 2 aromatic rings. The first-order valence-electron chi connectivity index (χ1n) is 6.42. The van der Waals surface area contributed by atoms with Gasteiger partial charge in [0.2, 0.25) is 0 Å². The van der Waals surface area contributed by atoms with Gasteiger partial charge in [-0.2, -0.15) is 5.10 Å². The van der Waals surface area contributed by atoms with E-state index in [1.807, 2.05) is 0 Å². The highest BCUT2D eigenvalue weighted by molar-refractivity contribution is 7.92. The Morgan fingerprint density at radius 1 is 1.35 bits per heavy atom. The third-order valence-electron chi connectivity index (χ3n) is 3.02. The largest absolute Gasteiger partial charge is 0.494 e. The van der Waals surface area contributed by atoms with Crippen LogP contribution in [0.25, 0.3) is 0 Å². The fraction of sp³-hybridized carbons (Fsp3) is 0.308. The maximum atomic E-state index is 14.0. The lowest BCUT2D eigenvalue weighted by atomic mass is 10.2. The zero-order valence-electron chi connectivity index (χ0n) is 12.3. The second kappa shape index (κ2) is 6.49. The lowest BCUT2D eigenvalue weighted by Crippen LogP contribution is -2.16. The quantitative estimate of drug-likeness (QED) is 0.869. The van der Waals surface area contributed by atoms with E-state index in [1.165, 1.54) is 38.4 Å². The Kier molecular flexibility index (Phi) is 4.83. The van der Waals surface area contributed by atoms with Gasteiger partial charge in [-0.1, -0.05) is 0 Å². The summed E-state index contributed by atoms with van der Waals surface area (Å²) in [6, 6.07) is 3.61. The summed E-state index contributed by atoms with van der Waals surface area (Å²) in [7, 11) is -2.85. The van der Waals surface area contributed by atoms with Gasteiger partial charge in [0.15, 0.2) is 17.4 Å².